The van der Waals surface area contributed by atoms with Gasteiger partial charge in [-0.3, -0.25) is 0 Å². The number of halogens is 1. The summed E-state index contributed by atoms with van der Waals surface area (Å²) in [7, 11) is 4.22. The molecule has 0 amide bonds. The number of unbranched alkanes of at least 4 members (excludes halogenated alkanes) is 1. The molecule has 0 atom stereocenters. The van der Waals surface area contributed by atoms with Gasteiger partial charge in [-0.2, -0.15) is 0 Å². The summed E-state index contributed by atoms with van der Waals surface area (Å²) in [4.78, 5) is 6.89. The first kappa shape index (κ1) is 14.4. The molecule has 1 aromatic carbocycles. The highest BCUT2D eigenvalue weighted by molar-refractivity contribution is 6.16. The van der Waals surface area contributed by atoms with Crippen molar-refractivity contribution in [3.63, 3.8) is 0 Å². The van der Waals surface area contributed by atoms with E-state index in [4.69, 9.17) is 11.6 Å². The van der Waals surface area contributed by atoms with Crippen molar-refractivity contribution in [3.8, 4) is 0 Å². The highest BCUT2D eigenvalue weighted by Crippen LogP contribution is 2.21. The Morgan fingerprint density at radius 2 is 2.05 bits per heavy atom. The highest BCUT2D eigenvalue weighted by atomic mass is 35.5. The highest BCUT2D eigenvalue weighted by Gasteiger charge is 2.10. The van der Waals surface area contributed by atoms with Crippen LogP contribution in [0, 0.1) is 6.92 Å². The fourth-order valence-corrected chi connectivity index (χ4v) is 2.59. The number of hydrogen-bond acceptors (Lipinski definition) is 2. The number of aryl methyl sites for hydroxylation is 2. The normalized spacial score (nSPS) is 11.6. The predicted molar refractivity (Wildman–Crippen MR) is 81.8 cm³/mol. The second kappa shape index (κ2) is 6.40. The Hall–Kier alpha value is -1.06. The molecular weight excluding hydrogens is 258 g/mol. The Bertz CT molecular complexity index is 546. The van der Waals surface area contributed by atoms with Crippen LogP contribution in [0.2, 0.25) is 0 Å². The molecule has 0 radical (unpaired) electrons. The summed E-state index contributed by atoms with van der Waals surface area (Å²) in [5.74, 6) is 1.46. The maximum atomic E-state index is 6.03. The van der Waals surface area contributed by atoms with E-state index in [0.717, 1.165) is 30.9 Å². The lowest BCUT2D eigenvalue weighted by atomic mass is 10.2. The summed E-state index contributed by atoms with van der Waals surface area (Å²) in [6.07, 6.45) is 2.35. The molecule has 2 rings (SSSR count). The maximum Gasteiger partial charge on any atom is 0.124 e. The molecule has 3 nitrogen and oxygen atoms in total. The molecule has 0 spiro atoms. The standard InChI is InChI=1S/C15H22ClN3/c1-12-7-6-8-13-15(12)17-14(11-16)19(13)10-5-4-9-18(2)3/h6-8H,4-5,9-11H2,1-3H3. The monoisotopic (exact) mass is 279 g/mol. The fourth-order valence-electron chi connectivity index (χ4n) is 2.38. The zero-order chi connectivity index (χ0) is 13.8. The number of aromatic nitrogens is 2. The summed E-state index contributed by atoms with van der Waals surface area (Å²) in [6, 6.07) is 6.33. The SMILES string of the molecule is Cc1cccc2c1nc(CCl)n2CCCCN(C)C. The van der Waals surface area contributed by atoms with E-state index in [0.29, 0.717) is 5.88 Å². The molecule has 0 fully saturated rings. The first-order chi connectivity index (χ1) is 9.13. The minimum atomic E-state index is 0.474. The fraction of sp³-hybridized carbons (Fsp3) is 0.533. The molecule has 4 heteroatoms. The number of alkyl halides is 1. The Labute approximate surface area is 120 Å². The van der Waals surface area contributed by atoms with Gasteiger partial charge in [-0.1, -0.05) is 12.1 Å². The van der Waals surface area contributed by atoms with Crippen molar-refractivity contribution in [3.05, 3.63) is 29.6 Å². The Morgan fingerprint density at radius 1 is 1.26 bits per heavy atom. The second-order valence-corrected chi connectivity index (χ2v) is 5.53. The third kappa shape index (κ3) is 3.28. The molecule has 0 unspecified atom stereocenters. The third-order valence-corrected chi connectivity index (χ3v) is 3.66. The van der Waals surface area contributed by atoms with Gasteiger partial charge in [0.15, 0.2) is 0 Å². The molecule has 0 aliphatic carbocycles. The van der Waals surface area contributed by atoms with Crippen LogP contribution < -0.4 is 0 Å². The minimum Gasteiger partial charge on any atom is -0.327 e. The summed E-state index contributed by atoms with van der Waals surface area (Å²) >= 11 is 6.03. The Balaban J connectivity index is 2.18. The van der Waals surface area contributed by atoms with E-state index >= 15 is 0 Å². The Morgan fingerprint density at radius 3 is 2.74 bits per heavy atom. The molecule has 2 aromatic rings. The number of rotatable bonds is 6. The van der Waals surface area contributed by atoms with Gasteiger partial charge < -0.3 is 9.47 Å². The summed E-state index contributed by atoms with van der Waals surface area (Å²) in [5, 5.41) is 0. The van der Waals surface area contributed by atoms with E-state index in [9.17, 15) is 0 Å². The van der Waals surface area contributed by atoms with Gasteiger partial charge in [0, 0.05) is 6.54 Å². The Kier molecular flexibility index (Phi) is 4.83. The third-order valence-electron chi connectivity index (χ3n) is 3.42. The second-order valence-electron chi connectivity index (χ2n) is 5.27. The van der Waals surface area contributed by atoms with Crippen LogP contribution in [0.3, 0.4) is 0 Å². The first-order valence-electron chi connectivity index (χ1n) is 6.79. The van der Waals surface area contributed by atoms with Crippen LogP contribution in [0.25, 0.3) is 11.0 Å². The van der Waals surface area contributed by atoms with E-state index in [1.165, 1.54) is 17.5 Å². The van der Waals surface area contributed by atoms with Gasteiger partial charge in [0.05, 0.1) is 16.9 Å². The molecule has 104 valence electrons. The van der Waals surface area contributed by atoms with Crippen LogP contribution in [0.15, 0.2) is 18.2 Å². The molecule has 1 aromatic heterocycles. The quantitative estimate of drug-likeness (QED) is 0.597. The number of benzene rings is 1. The largest absolute Gasteiger partial charge is 0.327 e. The first-order valence-corrected chi connectivity index (χ1v) is 7.32. The van der Waals surface area contributed by atoms with Crippen molar-refractivity contribution < 1.29 is 0 Å². The van der Waals surface area contributed by atoms with Gasteiger partial charge in [-0.25, -0.2) is 4.98 Å². The summed E-state index contributed by atoms with van der Waals surface area (Å²) in [6.45, 7) is 4.22. The van der Waals surface area contributed by atoms with Crippen molar-refractivity contribution in [2.45, 2.75) is 32.2 Å². The van der Waals surface area contributed by atoms with Gasteiger partial charge in [-0.15, -0.1) is 11.6 Å². The molecule has 0 aliphatic heterocycles. The van der Waals surface area contributed by atoms with Gasteiger partial charge in [-0.05, 0) is 52.0 Å². The molecule has 1 heterocycles. The van der Waals surface area contributed by atoms with Crippen molar-refractivity contribution >= 4 is 22.6 Å². The van der Waals surface area contributed by atoms with E-state index in [1.54, 1.807) is 0 Å². The summed E-state index contributed by atoms with van der Waals surface area (Å²) in [5.41, 5.74) is 3.52. The van der Waals surface area contributed by atoms with Crippen LogP contribution in [-0.4, -0.2) is 35.1 Å². The number of hydrogen-bond donors (Lipinski definition) is 0. The lowest BCUT2D eigenvalue weighted by Crippen LogP contribution is -2.13. The number of fused-ring (bicyclic) bond motifs is 1. The van der Waals surface area contributed by atoms with Gasteiger partial charge in [0.1, 0.15) is 5.82 Å². The molecule has 0 N–H and O–H groups in total. The maximum absolute atomic E-state index is 6.03. The molecular formula is C15H22ClN3. The summed E-state index contributed by atoms with van der Waals surface area (Å²) < 4.78 is 2.27. The van der Waals surface area contributed by atoms with Crippen LogP contribution in [0.1, 0.15) is 24.2 Å². The molecule has 19 heavy (non-hydrogen) atoms. The smallest absolute Gasteiger partial charge is 0.124 e. The van der Waals surface area contributed by atoms with Crippen molar-refractivity contribution in [1.29, 1.82) is 0 Å². The minimum absolute atomic E-state index is 0.474. The lowest BCUT2D eigenvalue weighted by Gasteiger charge is -2.11. The van der Waals surface area contributed by atoms with Crippen LogP contribution >= 0.6 is 11.6 Å². The van der Waals surface area contributed by atoms with Crippen LogP contribution in [0.5, 0.6) is 0 Å². The van der Waals surface area contributed by atoms with Gasteiger partial charge in [0.2, 0.25) is 0 Å². The van der Waals surface area contributed by atoms with E-state index in [2.05, 4.69) is 53.7 Å². The number of nitrogens with zero attached hydrogens (tertiary/aromatic N) is 3. The van der Waals surface area contributed by atoms with Crippen molar-refractivity contribution in [2.75, 3.05) is 20.6 Å². The predicted octanol–water partition coefficient (Wildman–Crippen LogP) is 3.43. The average molecular weight is 280 g/mol. The van der Waals surface area contributed by atoms with E-state index in [1.807, 2.05) is 0 Å². The van der Waals surface area contributed by atoms with E-state index in [-0.39, 0.29) is 0 Å². The number of para-hydroxylation sites is 1. The van der Waals surface area contributed by atoms with Crippen LogP contribution in [-0.2, 0) is 12.4 Å². The van der Waals surface area contributed by atoms with Crippen molar-refractivity contribution in [2.24, 2.45) is 0 Å². The topological polar surface area (TPSA) is 21.1 Å². The number of imidazole rings is 1. The van der Waals surface area contributed by atoms with Gasteiger partial charge >= 0.3 is 0 Å². The van der Waals surface area contributed by atoms with Crippen molar-refractivity contribution in [1.82, 2.24) is 14.5 Å². The van der Waals surface area contributed by atoms with Gasteiger partial charge in [0.25, 0.3) is 0 Å². The zero-order valence-corrected chi connectivity index (χ0v) is 12.7. The van der Waals surface area contributed by atoms with E-state index < -0.39 is 0 Å². The molecule has 0 saturated carbocycles. The molecule has 0 saturated heterocycles. The molecule has 0 aliphatic rings. The van der Waals surface area contributed by atoms with Crippen LogP contribution in [0.4, 0.5) is 0 Å². The molecule has 0 bridgehead atoms. The lowest BCUT2D eigenvalue weighted by molar-refractivity contribution is 0.388. The zero-order valence-electron chi connectivity index (χ0n) is 12.0. The average Bonchev–Trinajstić information content (AvgIpc) is 2.74.